The number of hydrogen-bond acceptors (Lipinski definition) is 6. The second-order valence-corrected chi connectivity index (χ2v) is 8.23. The van der Waals surface area contributed by atoms with E-state index in [-0.39, 0.29) is 0 Å². The first kappa shape index (κ1) is 20.8. The molecule has 10 heteroatoms. The Balaban J connectivity index is 1.29. The number of halogens is 3. The summed E-state index contributed by atoms with van der Waals surface area (Å²) in [4.78, 5) is 10.5. The standard InChI is InChI=1S/C20H21F3N6S/c1-28-18(17-12-24-6-7-25-17)26-27-19(28)30-10-2-8-29-9-5-14-3-4-16(20(21,22)23)11-15(14)13-29/h3-4,6-7,11-12H,2,5,8-10,13H2,1H3. The first-order valence-electron chi connectivity index (χ1n) is 9.62. The van der Waals surface area contributed by atoms with E-state index in [1.807, 2.05) is 11.6 Å². The van der Waals surface area contributed by atoms with Gasteiger partial charge < -0.3 is 4.57 Å². The highest BCUT2D eigenvalue weighted by Crippen LogP contribution is 2.32. The van der Waals surface area contributed by atoms with E-state index >= 15 is 0 Å². The SMILES string of the molecule is Cn1c(SCCCN2CCc3ccc(C(F)(F)F)cc3C2)nnc1-c1cnccn1. The summed E-state index contributed by atoms with van der Waals surface area (Å²) >= 11 is 1.61. The van der Waals surface area contributed by atoms with Crippen LogP contribution in [0.2, 0.25) is 0 Å². The topological polar surface area (TPSA) is 59.7 Å². The summed E-state index contributed by atoms with van der Waals surface area (Å²) in [5.41, 5.74) is 1.90. The number of alkyl halides is 3. The van der Waals surface area contributed by atoms with Gasteiger partial charge in [-0.2, -0.15) is 13.2 Å². The fourth-order valence-electron chi connectivity index (χ4n) is 3.51. The number of hydrogen-bond donors (Lipinski definition) is 0. The van der Waals surface area contributed by atoms with Gasteiger partial charge in [0, 0.05) is 38.3 Å². The van der Waals surface area contributed by atoms with Gasteiger partial charge in [-0.1, -0.05) is 17.8 Å². The summed E-state index contributed by atoms with van der Waals surface area (Å²) in [5, 5.41) is 9.22. The van der Waals surface area contributed by atoms with Crippen LogP contribution >= 0.6 is 11.8 Å². The molecule has 30 heavy (non-hydrogen) atoms. The third-order valence-corrected chi connectivity index (χ3v) is 6.21. The van der Waals surface area contributed by atoms with E-state index in [4.69, 9.17) is 0 Å². The zero-order valence-electron chi connectivity index (χ0n) is 16.4. The molecule has 158 valence electrons. The summed E-state index contributed by atoms with van der Waals surface area (Å²) in [7, 11) is 1.89. The zero-order valence-corrected chi connectivity index (χ0v) is 17.2. The Morgan fingerprint density at radius 3 is 2.77 bits per heavy atom. The summed E-state index contributed by atoms with van der Waals surface area (Å²) < 4.78 is 40.8. The Labute approximate surface area is 176 Å². The Bertz CT molecular complexity index is 1010. The van der Waals surface area contributed by atoms with Crippen molar-refractivity contribution in [2.45, 2.75) is 30.7 Å². The molecule has 3 heterocycles. The highest BCUT2D eigenvalue weighted by atomic mass is 32.2. The lowest BCUT2D eigenvalue weighted by Crippen LogP contribution is -2.31. The molecule has 0 radical (unpaired) electrons. The average molecular weight is 434 g/mol. The molecule has 0 bridgehead atoms. The second kappa shape index (κ2) is 8.73. The van der Waals surface area contributed by atoms with Gasteiger partial charge in [0.25, 0.3) is 0 Å². The molecule has 0 spiro atoms. The summed E-state index contributed by atoms with van der Waals surface area (Å²) in [6, 6.07) is 4.10. The van der Waals surface area contributed by atoms with Crippen molar-refractivity contribution < 1.29 is 13.2 Å². The van der Waals surface area contributed by atoms with E-state index in [9.17, 15) is 13.2 Å². The van der Waals surface area contributed by atoms with E-state index in [0.29, 0.717) is 18.1 Å². The maximum Gasteiger partial charge on any atom is 0.416 e. The second-order valence-electron chi connectivity index (χ2n) is 7.17. The number of fused-ring (bicyclic) bond motifs is 1. The van der Waals surface area contributed by atoms with Gasteiger partial charge in [-0.3, -0.25) is 9.88 Å². The predicted octanol–water partition coefficient (Wildman–Crippen LogP) is 3.83. The highest BCUT2D eigenvalue weighted by molar-refractivity contribution is 7.99. The normalized spacial score (nSPS) is 14.7. The highest BCUT2D eigenvalue weighted by Gasteiger charge is 2.31. The number of thioether (sulfide) groups is 1. The van der Waals surface area contributed by atoms with Crippen LogP contribution in [-0.4, -0.2) is 48.5 Å². The van der Waals surface area contributed by atoms with E-state index in [1.165, 1.54) is 12.1 Å². The van der Waals surface area contributed by atoms with Crippen LogP contribution in [0.3, 0.4) is 0 Å². The molecular weight excluding hydrogens is 413 g/mol. The smallest absolute Gasteiger partial charge is 0.304 e. The molecule has 2 aromatic heterocycles. The quantitative estimate of drug-likeness (QED) is 0.434. The molecule has 1 aliphatic rings. The summed E-state index contributed by atoms with van der Waals surface area (Å²) in [6.07, 6.45) is 2.27. The molecule has 0 atom stereocenters. The molecule has 1 aliphatic heterocycles. The predicted molar refractivity (Wildman–Crippen MR) is 108 cm³/mol. The number of aromatic nitrogens is 5. The van der Waals surface area contributed by atoms with Gasteiger partial charge in [-0.05, 0) is 42.6 Å². The molecule has 0 fully saturated rings. The molecule has 0 amide bonds. The van der Waals surface area contributed by atoms with Crippen molar-refractivity contribution in [2.24, 2.45) is 7.05 Å². The van der Waals surface area contributed by atoms with Gasteiger partial charge in [-0.25, -0.2) is 4.98 Å². The number of rotatable bonds is 6. The maximum absolute atomic E-state index is 13.0. The van der Waals surface area contributed by atoms with Crippen molar-refractivity contribution in [1.29, 1.82) is 0 Å². The van der Waals surface area contributed by atoms with Crippen LogP contribution in [0.1, 0.15) is 23.1 Å². The first-order chi connectivity index (χ1) is 14.4. The first-order valence-corrected chi connectivity index (χ1v) is 10.6. The Hall–Kier alpha value is -2.46. The van der Waals surface area contributed by atoms with Crippen molar-refractivity contribution in [3.63, 3.8) is 0 Å². The molecule has 0 saturated heterocycles. The lowest BCUT2D eigenvalue weighted by molar-refractivity contribution is -0.137. The summed E-state index contributed by atoms with van der Waals surface area (Å²) in [5.74, 6) is 1.51. The average Bonchev–Trinajstić information content (AvgIpc) is 3.11. The lowest BCUT2D eigenvalue weighted by atomic mass is 9.97. The van der Waals surface area contributed by atoms with Crippen molar-refractivity contribution in [3.8, 4) is 11.5 Å². The van der Waals surface area contributed by atoms with Crippen LogP contribution < -0.4 is 0 Å². The van der Waals surface area contributed by atoms with Crippen molar-refractivity contribution in [1.82, 2.24) is 29.6 Å². The van der Waals surface area contributed by atoms with E-state index in [1.54, 1.807) is 36.4 Å². The zero-order chi connectivity index (χ0) is 21.1. The van der Waals surface area contributed by atoms with E-state index in [0.717, 1.165) is 48.0 Å². The molecule has 0 unspecified atom stereocenters. The Morgan fingerprint density at radius 1 is 1.13 bits per heavy atom. The number of benzene rings is 1. The van der Waals surface area contributed by atoms with Crippen LogP contribution in [0.15, 0.2) is 41.9 Å². The van der Waals surface area contributed by atoms with Crippen LogP contribution in [0, 0.1) is 0 Å². The van der Waals surface area contributed by atoms with Crippen LogP contribution in [0.5, 0.6) is 0 Å². The molecule has 3 aromatic rings. The molecule has 0 N–H and O–H groups in total. The molecule has 0 saturated carbocycles. The maximum atomic E-state index is 13.0. The fraction of sp³-hybridized carbons (Fsp3) is 0.400. The van der Waals surface area contributed by atoms with E-state index < -0.39 is 11.7 Å². The van der Waals surface area contributed by atoms with Crippen LogP contribution in [0.4, 0.5) is 13.2 Å². The van der Waals surface area contributed by atoms with Gasteiger partial charge in [-0.15, -0.1) is 10.2 Å². The molecule has 0 aliphatic carbocycles. The van der Waals surface area contributed by atoms with Crippen molar-refractivity contribution in [2.75, 3.05) is 18.8 Å². The lowest BCUT2D eigenvalue weighted by Gasteiger charge is -2.29. The Kier molecular flexibility index (Phi) is 6.05. The molecule has 1 aromatic carbocycles. The molecular formula is C20H21F3N6S. The van der Waals surface area contributed by atoms with Gasteiger partial charge in [0.15, 0.2) is 11.0 Å². The molecule has 6 nitrogen and oxygen atoms in total. The van der Waals surface area contributed by atoms with Crippen LogP contribution in [-0.2, 0) is 26.2 Å². The third-order valence-electron chi connectivity index (χ3n) is 5.10. The largest absolute Gasteiger partial charge is 0.416 e. The van der Waals surface area contributed by atoms with Gasteiger partial charge >= 0.3 is 6.18 Å². The van der Waals surface area contributed by atoms with Gasteiger partial charge in [0.1, 0.15) is 5.69 Å². The van der Waals surface area contributed by atoms with Crippen LogP contribution in [0.25, 0.3) is 11.5 Å². The monoisotopic (exact) mass is 434 g/mol. The Morgan fingerprint density at radius 2 is 2.00 bits per heavy atom. The van der Waals surface area contributed by atoms with Crippen molar-refractivity contribution >= 4 is 11.8 Å². The van der Waals surface area contributed by atoms with E-state index in [2.05, 4.69) is 25.1 Å². The van der Waals surface area contributed by atoms with Gasteiger partial charge in [0.05, 0.1) is 11.8 Å². The minimum absolute atomic E-state index is 0.560. The third kappa shape index (κ3) is 4.65. The molecule has 4 rings (SSSR count). The number of nitrogens with zero attached hydrogens (tertiary/aromatic N) is 6. The summed E-state index contributed by atoms with van der Waals surface area (Å²) in [6.45, 7) is 2.26. The fourth-order valence-corrected chi connectivity index (χ4v) is 4.35. The van der Waals surface area contributed by atoms with Crippen molar-refractivity contribution in [3.05, 3.63) is 53.5 Å². The minimum atomic E-state index is -4.30. The van der Waals surface area contributed by atoms with Gasteiger partial charge in [0.2, 0.25) is 0 Å². The minimum Gasteiger partial charge on any atom is -0.304 e.